The molecule has 0 spiro atoms. The van der Waals surface area contributed by atoms with Crippen molar-refractivity contribution in [2.75, 3.05) is 5.73 Å². The molecule has 0 atom stereocenters. The van der Waals surface area contributed by atoms with E-state index < -0.39 is 0 Å². The molecule has 0 aliphatic carbocycles. The van der Waals surface area contributed by atoms with Crippen LogP contribution in [0, 0.1) is 5.82 Å². The third-order valence-electron chi connectivity index (χ3n) is 1.60. The van der Waals surface area contributed by atoms with Crippen LogP contribution in [0.4, 0.5) is 10.3 Å². The van der Waals surface area contributed by atoms with Gasteiger partial charge in [0.05, 0.1) is 6.20 Å². The quantitative estimate of drug-likeness (QED) is 0.727. The molecule has 0 aliphatic rings. The van der Waals surface area contributed by atoms with E-state index in [0.717, 1.165) is 0 Å². The molecule has 1 aromatic carbocycles. The van der Waals surface area contributed by atoms with Crippen molar-refractivity contribution in [3.8, 4) is 11.5 Å². The lowest BCUT2D eigenvalue weighted by Crippen LogP contribution is -1.79. The van der Waals surface area contributed by atoms with Crippen molar-refractivity contribution in [3.05, 3.63) is 36.3 Å². The summed E-state index contributed by atoms with van der Waals surface area (Å²) in [6.45, 7) is 0. The number of benzene rings is 1. The molecule has 1 heterocycles. The molecule has 0 unspecified atom stereocenters. The third-order valence-corrected chi connectivity index (χ3v) is 1.60. The number of nitrogen functional groups attached to an aromatic ring is 1. The minimum Gasteiger partial charge on any atom is -0.421 e. The van der Waals surface area contributed by atoms with Crippen molar-refractivity contribution in [3.63, 3.8) is 0 Å². The van der Waals surface area contributed by atoms with Gasteiger partial charge in [0.2, 0.25) is 11.8 Å². The number of anilines is 1. The number of oxazole rings is 1. The Balaban J connectivity index is 2.46. The van der Waals surface area contributed by atoms with Crippen LogP contribution >= 0.6 is 0 Å². The zero-order valence-corrected chi connectivity index (χ0v) is 6.70. The van der Waals surface area contributed by atoms with Crippen LogP contribution in [0.1, 0.15) is 0 Å². The number of aromatic nitrogens is 1. The Morgan fingerprint density at radius 1 is 1.38 bits per heavy atom. The van der Waals surface area contributed by atoms with Crippen LogP contribution in [0.5, 0.6) is 0 Å². The van der Waals surface area contributed by atoms with Gasteiger partial charge in [-0.2, -0.15) is 0 Å². The van der Waals surface area contributed by atoms with Crippen LogP contribution in [0.15, 0.2) is 34.9 Å². The van der Waals surface area contributed by atoms with E-state index in [1.807, 2.05) is 0 Å². The topological polar surface area (TPSA) is 52.0 Å². The predicted octanol–water partition coefficient (Wildman–Crippen LogP) is 2.06. The van der Waals surface area contributed by atoms with E-state index in [2.05, 4.69) is 4.98 Å². The fraction of sp³-hybridized carbons (Fsp3) is 0. The molecule has 2 rings (SSSR count). The van der Waals surface area contributed by atoms with Gasteiger partial charge in [0.1, 0.15) is 5.82 Å². The van der Waals surface area contributed by atoms with Crippen LogP contribution in [-0.4, -0.2) is 4.98 Å². The summed E-state index contributed by atoms with van der Waals surface area (Å²) < 4.78 is 17.8. The number of hydrogen-bond donors (Lipinski definition) is 1. The molecular weight excluding hydrogens is 171 g/mol. The maximum Gasteiger partial charge on any atom is 0.228 e. The summed E-state index contributed by atoms with van der Waals surface area (Å²) in [6, 6.07) is 5.99. The van der Waals surface area contributed by atoms with E-state index in [9.17, 15) is 4.39 Å². The highest BCUT2D eigenvalue weighted by Crippen LogP contribution is 2.20. The zero-order valence-electron chi connectivity index (χ0n) is 6.70. The lowest BCUT2D eigenvalue weighted by molar-refractivity contribution is 0.590. The minimum absolute atomic E-state index is 0.222. The van der Waals surface area contributed by atoms with Gasteiger partial charge in [-0.1, -0.05) is 6.07 Å². The van der Waals surface area contributed by atoms with Crippen molar-refractivity contribution in [2.45, 2.75) is 0 Å². The molecule has 2 N–H and O–H groups in total. The fourth-order valence-corrected chi connectivity index (χ4v) is 1.04. The van der Waals surface area contributed by atoms with Gasteiger partial charge < -0.3 is 10.2 Å². The molecule has 4 heteroatoms. The van der Waals surface area contributed by atoms with Gasteiger partial charge >= 0.3 is 0 Å². The average Bonchev–Trinajstić information content (AvgIpc) is 2.52. The summed E-state index contributed by atoms with van der Waals surface area (Å²) >= 11 is 0. The first-order chi connectivity index (χ1) is 6.25. The van der Waals surface area contributed by atoms with E-state index in [1.54, 1.807) is 12.1 Å². The highest BCUT2D eigenvalue weighted by Gasteiger charge is 2.04. The zero-order chi connectivity index (χ0) is 9.26. The Bertz CT molecular complexity index is 425. The van der Waals surface area contributed by atoms with Crippen LogP contribution in [-0.2, 0) is 0 Å². The standard InChI is InChI=1S/C9H7FN2O/c10-7-3-1-2-6(4-7)9-12-5-8(11)13-9/h1-5H,11H2. The molecule has 0 fully saturated rings. The van der Waals surface area contributed by atoms with Gasteiger partial charge in [0.25, 0.3) is 0 Å². The van der Waals surface area contributed by atoms with Gasteiger partial charge in [-0.05, 0) is 18.2 Å². The second-order valence-corrected chi connectivity index (χ2v) is 2.58. The highest BCUT2D eigenvalue weighted by atomic mass is 19.1. The molecule has 13 heavy (non-hydrogen) atoms. The summed E-state index contributed by atoms with van der Waals surface area (Å²) in [7, 11) is 0. The Labute approximate surface area is 74.0 Å². The van der Waals surface area contributed by atoms with E-state index in [-0.39, 0.29) is 11.7 Å². The molecule has 0 radical (unpaired) electrons. The van der Waals surface area contributed by atoms with Gasteiger partial charge in [-0.25, -0.2) is 9.37 Å². The Hall–Kier alpha value is -1.84. The maximum absolute atomic E-state index is 12.8. The first-order valence-electron chi connectivity index (χ1n) is 3.73. The fourth-order valence-electron chi connectivity index (χ4n) is 1.04. The van der Waals surface area contributed by atoms with E-state index >= 15 is 0 Å². The molecule has 0 saturated heterocycles. The number of rotatable bonds is 1. The van der Waals surface area contributed by atoms with Crippen LogP contribution in [0.3, 0.4) is 0 Å². The summed E-state index contributed by atoms with van der Waals surface area (Å²) in [5.74, 6) is 0.227. The molecule has 2 aromatic rings. The first-order valence-corrected chi connectivity index (χ1v) is 3.73. The molecule has 1 aromatic heterocycles. The average molecular weight is 178 g/mol. The van der Waals surface area contributed by atoms with Crippen LogP contribution in [0.2, 0.25) is 0 Å². The van der Waals surface area contributed by atoms with E-state index in [1.165, 1.54) is 18.3 Å². The van der Waals surface area contributed by atoms with Gasteiger partial charge in [-0.3, -0.25) is 0 Å². The minimum atomic E-state index is -0.325. The van der Waals surface area contributed by atoms with Gasteiger partial charge in [-0.15, -0.1) is 0 Å². The number of nitrogens with two attached hydrogens (primary N) is 1. The van der Waals surface area contributed by atoms with Gasteiger partial charge in [0, 0.05) is 5.56 Å². The monoisotopic (exact) mass is 178 g/mol. The summed E-state index contributed by atoms with van der Waals surface area (Å²) in [4.78, 5) is 3.87. The van der Waals surface area contributed by atoms with Crippen molar-refractivity contribution < 1.29 is 8.81 Å². The van der Waals surface area contributed by atoms with Crippen molar-refractivity contribution >= 4 is 5.88 Å². The lowest BCUT2D eigenvalue weighted by Gasteiger charge is -1.93. The molecule has 0 bridgehead atoms. The molecular formula is C9H7FN2O. The molecule has 0 aliphatic heterocycles. The van der Waals surface area contributed by atoms with E-state index in [0.29, 0.717) is 11.5 Å². The largest absolute Gasteiger partial charge is 0.421 e. The Morgan fingerprint density at radius 3 is 2.85 bits per heavy atom. The first kappa shape index (κ1) is 7.79. The number of nitrogens with zero attached hydrogens (tertiary/aromatic N) is 1. The second kappa shape index (κ2) is 2.90. The third kappa shape index (κ3) is 1.51. The summed E-state index contributed by atoms with van der Waals surface area (Å²) in [5.41, 5.74) is 5.91. The van der Waals surface area contributed by atoms with Crippen molar-refractivity contribution in [1.29, 1.82) is 0 Å². The second-order valence-electron chi connectivity index (χ2n) is 2.58. The predicted molar refractivity (Wildman–Crippen MR) is 46.3 cm³/mol. The summed E-state index contributed by atoms with van der Waals surface area (Å²) in [6.07, 6.45) is 1.39. The molecule has 66 valence electrons. The normalized spacial score (nSPS) is 10.2. The van der Waals surface area contributed by atoms with Crippen LogP contribution < -0.4 is 5.73 Å². The smallest absolute Gasteiger partial charge is 0.228 e. The van der Waals surface area contributed by atoms with Crippen molar-refractivity contribution in [2.24, 2.45) is 0 Å². The van der Waals surface area contributed by atoms with Crippen molar-refractivity contribution in [1.82, 2.24) is 4.98 Å². The lowest BCUT2D eigenvalue weighted by atomic mass is 10.2. The molecule has 3 nitrogen and oxygen atoms in total. The number of halogens is 1. The number of hydrogen-bond acceptors (Lipinski definition) is 3. The highest BCUT2D eigenvalue weighted by molar-refractivity contribution is 5.54. The Kier molecular flexibility index (Phi) is 1.73. The van der Waals surface area contributed by atoms with Gasteiger partial charge in [0.15, 0.2) is 0 Å². The summed E-state index contributed by atoms with van der Waals surface area (Å²) in [5, 5.41) is 0. The SMILES string of the molecule is Nc1cnc(-c2cccc(F)c2)o1. The maximum atomic E-state index is 12.8. The molecule has 0 saturated carbocycles. The molecule has 0 amide bonds. The Morgan fingerprint density at radius 2 is 2.23 bits per heavy atom. The van der Waals surface area contributed by atoms with E-state index in [4.69, 9.17) is 10.2 Å². The van der Waals surface area contributed by atoms with Crippen LogP contribution in [0.25, 0.3) is 11.5 Å².